The van der Waals surface area contributed by atoms with Gasteiger partial charge in [-0.05, 0) is 72.4 Å². The monoisotopic (exact) mass is 392 g/mol. The zero-order chi connectivity index (χ0) is 19.1. The second-order valence-corrected chi connectivity index (χ2v) is 6.62. The molecule has 27 heavy (non-hydrogen) atoms. The first-order chi connectivity index (χ1) is 13.1. The molecule has 0 aliphatic rings. The van der Waals surface area contributed by atoms with Gasteiger partial charge in [-0.2, -0.15) is 0 Å². The first-order valence-corrected chi connectivity index (χ1v) is 9.10. The minimum Gasteiger partial charge on any atom is -0.332 e. The van der Waals surface area contributed by atoms with Crippen molar-refractivity contribution < 1.29 is 4.79 Å². The number of benzene rings is 3. The Labute approximate surface area is 168 Å². The minimum atomic E-state index is -0.0488. The third-order valence-corrected chi connectivity index (χ3v) is 4.21. The van der Waals surface area contributed by atoms with Crippen LogP contribution in [0.25, 0.3) is 6.08 Å². The molecule has 0 unspecified atom stereocenters. The molecular formula is C22H17ClN2OS. The lowest BCUT2D eigenvalue weighted by Crippen LogP contribution is -2.18. The Balaban J connectivity index is 1.58. The van der Waals surface area contributed by atoms with Crippen molar-refractivity contribution >= 4 is 52.2 Å². The van der Waals surface area contributed by atoms with Crippen molar-refractivity contribution in [3.8, 4) is 0 Å². The fourth-order valence-corrected chi connectivity index (χ4v) is 2.74. The maximum absolute atomic E-state index is 12.3. The molecule has 0 aromatic heterocycles. The average Bonchev–Trinajstić information content (AvgIpc) is 2.69. The molecule has 2 N–H and O–H groups in total. The summed E-state index contributed by atoms with van der Waals surface area (Å²) < 4.78 is 0. The van der Waals surface area contributed by atoms with Gasteiger partial charge in [0.15, 0.2) is 10.9 Å². The molecule has 3 rings (SSSR count). The van der Waals surface area contributed by atoms with Crippen LogP contribution < -0.4 is 10.6 Å². The summed E-state index contributed by atoms with van der Waals surface area (Å²) >= 11 is 11.2. The number of allylic oxidation sites excluding steroid dienone is 1. The summed E-state index contributed by atoms with van der Waals surface area (Å²) in [7, 11) is 0. The number of ketones is 1. The largest absolute Gasteiger partial charge is 0.332 e. The molecule has 0 saturated heterocycles. The molecule has 0 amide bonds. The molecular weight excluding hydrogens is 376 g/mol. The van der Waals surface area contributed by atoms with Gasteiger partial charge in [-0.25, -0.2) is 0 Å². The van der Waals surface area contributed by atoms with Crippen molar-refractivity contribution in [2.45, 2.75) is 0 Å². The summed E-state index contributed by atoms with van der Waals surface area (Å²) in [6.45, 7) is 0. The number of hydrogen-bond donors (Lipinski definition) is 2. The highest BCUT2D eigenvalue weighted by atomic mass is 35.5. The standard InChI is InChI=1S/C22H17ClN2OS/c23-18-9-13-20(14-10-18)25-22(27)24-19-11-7-17(8-12-19)21(26)15-6-16-4-2-1-3-5-16/h1-15H,(H2,24,25,27)/b15-6+. The first kappa shape index (κ1) is 18.8. The van der Waals surface area contributed by atoms with Crippen LogP contribution in [0.4, 0.5) is 11.4 Å². The van der Waals surface area contributed by atoms with Gasteiger partial charge in [0.25, 0.3) is 0 Å². The highest BCUT2D eigenvalue weighted by Gasteiger charge is 2.03. The van der Waals surface area contributed by atoms with Crippen molar-refractivity contribution in [1.29, 1.82) is 0 Å². The minimum absolute atomic E-state index is 0.0488. The van der Waals surface area contributed by atoms with E-state index in [9.17, 15) is 4.79 Å². The van der Waals surface area contributed by atoms with Gasteiger partial charge in [-0.15, -0.1) is 0 Å². The van der Waals surface area contributed by atoms with E-state index in [0.717, 1.165) is 16.9 Å². The number of thiocarbonyl (C=S) groups is 1. The third kappa shape index (κ3) is 5.78. The van der Waals surface area contributed by atoms with Crippen molar-refractivity contribution in [2.75, 3.05) is 10.6 Å². The van der Waals surface area contributed by atoms with Crippen molar-refractivity contribution in [2.24, 2.45) is 0 Å². The Morgan fingerprint density at radius 2 is 1.37 bits per heavy atom. The molecule has 3 aromatic rings. The smallest absolute Gasteiger partial charge is 0.185 e. The van der Waals surface area contributed by atoms with Crippen LogP contribution in [0.1, 0.15) is 15.9 Å². The SMILES string of the molecule is O=C(/C=C/c1ccccc1)c1ccc(NC(=S)Nc2ccc(Cl)cc2)cc1. The third-order valence-electron chi connectivity index (χ3n) is 3.76. The topological polar surface area (TPSA) is 41.1 Å². The van der Waals surface area contributed by atoms with E-state index in [1.165, 1.54) is 0 Å². The van der Waals surface area contributed by atoms with Crippen molar-refractivity contribution in [3.63, 3.8) is 0 Å². The summed E-state index contributed by atoms with van der Waals surface area (Å²) in [5.74, 6) is -0.0488. The number of rotatable bonds is 5. The maximum Gasteiger partial charge on any atom is 0.185 e. The summed E-state index contributed by atoms with van der Waals surface area (Å²) in [6.07, 6.45) is 3.38. The molecule has 134 valence electrons. The van der Waals surface area contributed by atoms with Crippen LogP contribution in [-0.2, 0) is 0 Å². The lowest BCUT2D eigenvalue weighted by molar-refractivity contribution is 0.104. The molecule has 0 atom stereocenters. The van der Waals surface area contributed by atoms with E-state index in [0.29, 0.717) is 15.7 Å². The fraction of sp³-hybridized carbons (Fsp3) is 0. The highest BCUT2D eigenvalue weighted by Crippen LogP contribution is 2.15. The van der Waals surface area contributed by atoms with Crippen LogP contribution in [0.5, 0.6) is 0 Å². The van der Waals surface area contributed by atoms with Crippen molar-refractivity contribution in [1.82, 2.24) is 0 Å². The summed E-state index contributed by atoms with van der Waals surface area (Å²) in [5, 5.41) is 7.29. The van der Waals surface area contributed by atoms with E-state index in [1.54, 1.807) is 36.4 Å². The summed E-state index contributed by atoms with van der Waals surface area (Å²) in [5.41, 5.74) is 3.24. The first-order valence-electron chi connectivity index (χ1n) is 8.31. The van der Waals surface area contributed by atoms with Crippen LogP contribution in [0, 0.1) is 0 Å². The van der Waals surface area contributed by atoms with Gasteiger partial charge in [0.1, 0.15) is 0 Å². The van der Waals surface area contributed by atoms with Crippen molar-refractivity contribution in [3.05, 3.63) is 101 Å². The number of carbonyl (C=O) groups excluding carboxylic acids is 1. The zero-order valence-corrected chi connectivity index (χ0v) is 15.9. The molecule has 3 nitrogen and oxygen atoms in total. The molecule has 0 bridgehead atoms. The van der Waals surface area contributed by atoms with Gasteiger partial charge < -0.3 is 10.6 Å². The van der Waals surface area contributed by atoms with Crippen LogP contribution in [0.3, 0.4) is 0 Å². The molecule has 0 fully saturated rings. The molecule has 0 spiro atoms. The lowest BCUT2D eigenvalue weighted by Gasteiger charge is -2.11. The number of anilines is 2. The molecule has 0 radical (unpaired) electrons. The Morgan fingerprint density at radius 1 is 0.815 bits per heavy atom. The Morgan fingerprint density at radius 3 is 1.96 bits per heavy atom. The van der Waals surface area contributed by atoms with Crippen LogP contribution in [-0.4, -0.2) is 10.9 Å². The van der Waals surface area contributed by atoms with Crippen LogP contribution in [0.15, 0.2) is 84.9 Å². The van der Waals surface area contributed by atoms with Gasteiger partial charge in [-0.1, -0.05) is 48.0 Å². The molecule has 3 aromatic carbocycles. The zero-order valence-electron chi connectivity index (χ0n) is 14.4. The fourth-order valence-electron chi connectivity index (χ4n) is 2.38. The maximum atomic E-state index is 12.3. The predicted octanol–water partition coefficient (Wildman–Crippen LogP) is 6.05. The molecule has 5 heteroatoms. The van der Waals surface area contributed by atoms with Gasteiger partial charge in [-0.3, -0.25) is 4.79 Å². The Kier molecular flexibility index (Phi) is 6.36. The Bertz CT molecular complexity index is 952. The second kappa shape index (κ2) is 9.12. The van der Waals surface area contributed by atoms with E-state index < -0.39 is 0 Å². The van der Waals surface area contributed by atoms with Gasteiger partial charge >= 0.3 is 0 Å². The van der Waals surface area contributed by atoms with E-state index >= 15 is 0 Å². The van der Waals surface area contributed by atoms with Gasteiger partial charge in [0.2, 0.25) is 0 Å². The molecule has 0 saturated carbocycles. The Hall–Kier alpha value is -2.95. The number of nitrogens with one attached hydrogen (secondary N) is 2. The summed E-state index contributed by atoms with van der Waals surface area (Å²) in [4.78, 5) is 12.3. The summed E-state index contributed by atoms with van der Waals surface area (Å²) in [6, 6.07) is 24.2. The number of halogens is 1. The quantitative estimate of drug-likeness (QED) is 0.315. The van der Waals surface area contributed by atoms with Crippen LogP contribution in [0.2, 0.25) is 5.02 Å². The molecule has 0 heterocycles. The van der Waals surface area contributed by atoms with Crippen LogP contribution >= 0.6 is 23.8 Å². The highest BCUT2D eigenvalue weighted by molar-refractivity contribution is 7.80. The van der Waals surface area contributed by atoms with E-state index in [1.807, 2.05) is 54.6 Å². The number of hydrogen-bond acceptors (Lipinski definition) is 2. The number of carbonyl (C=O) groups is 1. The predicted molar refractivity (Wildman–Crippen MR) is 118 cm³/mol. The van der Waals surface area contributed by atoms with E-state index in [2.05, 4.69) is 10.6 Å². The van der Waals surface area contributed by atoms with Gasteiger partial charge in [0.05, 0.1) is 0 Å². The molecule has 0 aliphatic heterocycles. The lowest BCUT2D eigenvalue weighted by atomic mass is 10.1. The van der Waals surface area contributed by atoms with E-state index in [4.69, 9.17) is 23.8 Å². The average molecular weight is 393 g/mol. The normalized spacial score (nSPS) is 10.6. The molecule has 0 aliphatic carbocycles. The van der Waals surface area contributed by atoms with E-state index in [-0.39, 0.29) is 5.78 Å². The second-order valence-electron chi connectivity index (χ2n) is 5.77. The van der Waals surface area contributed by atoms with Gasteiger partial charge in [0, 0.05) is 22.0 Å².